The molecule has 0 radical (unpaired) electrons. The van der Waals surface area contributed by atoms with Crippen LogP contribution in [0.4, 0.5) is 5.69 Å². The maximum Gasteiger partial charge on any atom is 0.338 e. The number of para-hydroxylation sites is 1. The first-order valence-electron chi connectivity index (χ1n) is 7.09. The first kappa shape index (κ1) is 16.2. The van der Waals surface area contributed by atoms with E-state index in [1.54, 1.807) is 42.5 Å². The smallest absolute Gasteiger partial charge is 0.338 e. The summed E-state index contributed by atoms with van der Waals surface area (Å²) in [5.41, 5.74) is 2.05. The lowest BCUT2D eigenvalue weighted by Gasteiger charge is -2.14. The van der Waals surface area contributed by atoms with Crippen LogP contribution in [-0.2, 0) is 9.53 Å². The predicted molar refractivity (Wildman–Crippen MR) is 85.8 cm³/mol. The largest absolute Gasteiger partial charge is 0.449 e. The van der Waals surface area contributed by atoms with Crippen LogP contribution < -0.4 is 5.32 Å². The van der Waals surface area contributed by atoms with Crippen molar-refractivity contribution in [3.8, 4) is 6.07 Å². The quantitative estimate of drug-likeness (QED) is 0.880. The minimum absolute atomic E-state index is 0.345. The molecule has 5 heteroatoms. The molecule has 0 aliphatic heterocycles. The minimum Gasteiger partial charge on any atom is -0.449 e. The minimum atomic E-state index is -0.977. The van der Waals surface area contributed by atoms with Gasteiger partial charge in [-0.3, -0.25) is 4.79 Å². The Bertz CT molecular complexity index is 778. The average molecular weight is 308 g/mol. The molecule has 0 heterocycles. The van der Waals surface area contributed by atoms with Gasteiger partial charge in [0.25, 0.3) is 5.91 Å². The summed E-state index contributed by atoms with van der Waals surface area (Å²) in [4.78, 5) is 24.1. The second-order valence-electron chi connectivity index (χ2n) is 5.06. The van der Waals surface area contributed by atoms with Gasteiger partial charge in [0.1, 0.15) is 6.07 Å². The Kier molecular flexibility index (Phi) is 5.11. The molecule has 2 aromatic carbocycles. The maximum absolute atomic E-state index is 12.1. The van der Waals surface area contributed by atoms with E-state index in [-0.39, 0.29) is 0 Å². The zero-order valence-electron chi connectivity index (χ0n) is 12.9. The molecule has 1 amide bonds. The number of rotatable bonds is 4. The third kappa shape index (κ3) is 4.17. The second kappa shape index (κ2) is 7.23. The van der Waals surface area contributed by atoms with Gasteiger partial charge < -0.3 is 10.1 Å². The van der Waals surface area contributed by atoms with E-state index in [1.807, 2.05) is 19.1 Å². The third-order valence-electron chi connectivity index (χ3n) is 3.21. The molecule has 0 aliphatic carbocycles. The lowest BCUT2D eigenvalue weighted by molar-refractivity contribution is -0.123. The van der Waals surface area contributed by atoms with Gasteiger partial charge >= 0.3 is 5.97 Å². The molecule has 2 rings (SSSR count). The van der Waals surface area contributed by atoms with Crippen molar-refractivity contribution in [2.24, 2.45) is 0 Å². The highest BCUT2D eigenvalue weighted by atomic mass is 16.5. The van der Waals surface area contributed by atoms with E-state index in [2.05, 4.69) is 5.32 Å². The van der Waals surface area contributed by atoms with Gasteiger partial charge in [-0.2, -0.15) is 5.26 Å². The summed E-state index contributed by atoms with van der Waals surface area (Å²) in [6.07, 6.45) is -0.977. The predicted octanol–water partition coefficient (Wildman–Crippen LogP) is 3.05. The third-order valence-corrected chi connectivity index (χ3v) is 3.21. The summed E-state index contributed by atoms with van der Waals surface area (Å²) >= 11 is 0. The van der Waals surface area contributed by atoms with Crippen LogP contribution in [0.2, 0.25) is 0 Å². The molecule has 0 saturated heterocycles. The summed E-state index contributed by atoms with van der Waals surface area (Å²) < 4.78 is 5.17. The molecule has 0 aromatic heterocycles. The zero-order valence-corrected chi connectivity index (χ0v) is 12.9. The SMILES string of the molecule is Cc1cccc(C(=O)OC(C)C(=O)Nc2ccccc2C#N)c1. The molecular formula is C18H16N2O3. The fourth-order valence-electron chi connectivity index (χ4n) is 1.98. The van der Waals surface area contributed by atoms with Gasteiger partial charge in [0, 0.05) is 0 Å². The van der Waals surface area contributed by atoms with Gasteiger partial charge in [0.05, 0.1) is 16.8 Å². The molecule has 23 heavy (non-hydrogen) atoms. The maximum atomic E-state index is 12.1. The van der Waals surface area contributed by atoms with E-state index < -0.39 is 18.0 Å². The van der Waals surface area contributed by atoms with Crippen LogP contribution in [0.5, 0.6) is 0 Å². The molecule has 116 valence electrons. The van der Waals surface area contributed by atoms with Gasteiger partial charge in [-0.05, 0) is 38.1 Å². The van der Waals surface area contributed by atoms with Crippen LogP contribution in [-0.4, -0.2) is 18.0 Å². The number of benzene rings is 2. The van der Waals surface area contributed by atoms with Gasteiger partial charge in [0.15, 0.2) is 6.10 Å². The Balaban J connectivity index is 2.03. The number of ether oxygens (including phenoxy) is 1. The molecule has 1 unspecified atom stereocenters. The van der Waals surface area contributed by atoms with Gasteiger partial charge in [0.2, 0.25) is 0 Å². The number of esters is 1. The lowest BCUT2D eigenvalue weighted by Crippen LogP contribution is -2.30. The number of nitrogens with one attached hydrogen (secondary N) is 1. The Labute approximate surface area is 134 Å². The topological polar surface area (TPSA) is 79.2 Å². The fourth-order valence-corrected chi connectivity index (χ4v) is 1.98. The Morgan fingerprint density at radius 1 is 1.17 bits per heavy atom. The monoisotopic (exact) mass is 308 g/mol. The number of amides is 1. The first-order chi connectivity index (χ1) is 11.0. The van der Waals surface area contributed by atoms with Crippen molar-refractivity contribution in [2.45, 2.75) is 20.0 Å². The van der Waals surface area contributed by atoms with Crippen LogP contribution in [0.1, 0.15) is 28.4 Å². The molecular weight excluding hydrogens is 292 g/mol. The molecule has 0 saturated carbocycles. The van der Waals surface area contributed by atoms with E-state index in [1.165, 1.54) is 6.92 Å². The van der Waals surface area contributed by atoms with Crippen molar-refractivity contribution in [3.63, 3.8) is 0 Å². The van der Waals surface area contributed by atoms with Gasteiger partial charge in [-0.25, -0.2) is 4.79 Å². The highest BCUT2D eigenvalue weighted by Gasteiger charge is 2.19. The number of carbonyl (C=O) groups is 2. The normalized spacial score (nSPS) is 11.2. The highest BCUT2D eigenvalue weighted by Crippen LogP contribution is 2.14. The molecule has 1 atom stereocenters. The van der Waals surface area contributed by atoms with E-state index in [0.29, 0.717) is 16.8 Å². The number of nitriles is 1. The molecule has 1 N–H and O–H groups in total. The van der Waals surface area contributed by atoms with Gasteiger partial charge in [-0.15, -0.1) is 0 Å². The number of carbonyl (C=O) groups excluding carboxylic acids is 2. The number of anilines is 1. The van der Waals surface area contributed by atoms with Crippen LogP contribution in [0, 0.1) is 18.3 Å². The lowest BCUT2D eigenvalue weighted by atomic mass is 10.1. The molecule has 0 bridgehead atoms. The summed E-state index contributed by atoms with van der Waals surface area (Å²) in [6.45, 7) is 3.35. The fraction of sp³-hybridized carbons (Fsp3) is 0.167. The molecule has 0 spiro atoms. The van der Waals surface area contributed by atoms with Crippen molar-refractivity contribution >= 4 is 17.6 Å². The van der Waals surface area contributed by atoms with Crippen molar-refractivity contribution < 1.29 is 14.3 Å². The molecule has 0 aliphatic rings. The average Bonchev–Trinajstić information content (AvgIpc) is 2.55. The number of nitrogens with zero attached hydrogens (tertiary/aromatic N) is 1. The molecule has 2 aromatic rings. The van der Waals surface area contributed by atoms with E-state index >= 15 is 0 Å². The second-order valence-corrected chi connectivity index (χ2v) is 5.06. The summed E-state index contributed by atoms with van der Waals surface area (Å²) in [7, 11) is 0. The Morgan fingerprint density at radius 2 is 1.91 bits per heavy atom. The van der Waals surface area contributed by atoms with Crippen LogP contribution in [0.15, 0.2) is 48.5 Å². The standard InChI is InChI=1S/C18H16N2O3/c1-12-6-5-8-14(10-12)18(22)23-13(2)17(21)20-16-9-4-3-7-15(16)11-19/h3-10,13H,1-2H3,(H,20,21). The molecule has 0 fully saturated rings. The van der Waals surface area contributed by atoms with Gasteiger partial charge in [-0.1, -0.05) is 29.8 Å². The van der Waals surface area contributed by atoms with Crippen LogP contribution in [0.25, 0.3) is 0 Å². The van der Waals surface area contributed by atoms with E-state index in [0.717, 1.165) is 5.56 Å². The molecule has 5 nitrogen and oxygen atoms in total. The van der Waals surface area contributed by atoms with Crippen LogP contribution >= 0.6 is 0 Å². The van der Waals surface area contributed by atoms with Crippen molar-refractivity contribution in [1.82, 2.24) is 0 Å². The zero-order chi connectivity index (χ0) is 16.8. The Hall–Kier alpha value is -3.13. The van der Waals surface area contributed by atoms with E-state index in [4.69, 9.17) is 10.00 Å². The van der Waals surface area contributed by atoms with Crippen LogP contribution in [0.3, 0.4) is 0 Å². The van der Waals surface area contributed by atoms with Crippen molar-refractivity contribution in [2.75, 3.05) is 5.32 Å². The first-order valence-corrected chi connectivity index (χ1v) is 7.09. The van der Waals surface area contributed by atoms with E-state index in [9.17, 15) is 9.59 Å². The summed E-state index contributed by atoms with van der Waals surface area (Å²) in [5, 5.41) is 11.6. The number of aryl methyl sites for hydroxylation is 1. The Morgan fingerprint density at radius 3 is 2.61 bits per heavy atom. The number of hydrogen-bond acceptors (Lipinski definition) is 4. The highest BCUT2D eigenvalue weighted by molar-refractivity contribution is 5.98. The number of hydrogen-bond donors (Lipinski definition) is 1. The summed E-state index contributed by atoms with van der Waals surface area (Å²) in [6, 6.07) is 15.6. The van der Waals surface area contributed by atoms with Crippen molar-refractivity contribution in [3.05, 3.63) is 65.2 Å². The summed E-state index contributed by atoms with van der Waals surface area (Å²) in [5.74, 6) is -1.06. The van der Waals surface area contributed by atoms with Crippen molar-refractivity contribution in [1.29, 1.82) is 5.26 Å².